The summed E-state index contributed by atoms with van der Waals surface area (Å²) in [5, 5.41) is 13.3. The molecule has 1 unspecified atom stereocenters. The normalized spacial score (nSPS) is 13.0. The number of ether oxygens (including phenoxy) is 1. The number of aliphatic hydroxyl groups is 1. The van der Waals surface area contributed by atoms with Gasteiger partial charge in [-0.1, -0.05) is 42.8 Å². The SMILES string of the molecule is CCOc1ccc(C(O)(c2ccc3[nH]c(=O)nc(-c4cccc(C)c4)c3c2)c2cncn2C)cc1CC. The van der Waals surface area contributed by atoms with Crippen LogP contribution in [0.3, 0.4) is 0 Å². The van der Waals surface area contributed by atoms with E-state index in [2.05, 4.69) is 21.9 Å². The van der Waals surface area contributed by atoms with Crippen molar-refractivity contribution in [3.05, 3.63) is 112 Å². The van der Waals surface area contributed by atoms with Gasteiger partial charge in [0, 0.05) is 18.0 Å². The second kappa shape index (κ2) is 9.67. The van der Waals surface area contributed by atoms with Crippen LogP contribution < -0.4 is 10.4 Å². The van der Waals surface area contributed by atoms with Crippen LogP contribution in [0.25, 0.3) is 22.2 Å². The molecule has 5 rings (SSSR count). The quantitative estimate of drug-likeness (QED) is 0.337. The molecule has 0 radical (unpaired) electrons. The van der Waals surface area contributed by atoms with Crippen molar-refractivity contribution in [2.24, 2.45) is 7.05 Å². The van der Waals surface area contributed by atoms with E-state index in [1.54, 1.807) is 12.5 Å². The molecular weight excluding hydrogens is 464 g/mol. The topological polar surface area (TPSA) is 93.0 Å². The molecule has 0 spiro atoms. The van der Waals surface area contributed by atoms with Crippen molar-refractivity contribution >= 4 is 10.9 Å². The van der Waals surface area contributed by atoms with Gasteiger partial charge in [0.1, 0.15) is 5.75 Å². The molecule has 0 aliphatic rings. The molecule has 0 bridgehead atoms. The summed E-state index contributed by atoms with van der Waals surface area (Å²) in [6, 6.07) is 19.3. The minimum absolute atomic E-state index is 0.419. The molecule has 7 nitrogen and oxygen atoms in total. The average Bonchev–Trinajstić information content (AvgIpc) is 3.34. The van der Waals surface area contributed by atoms with E-state index < -0.39 is 11.3 Å². The molecule has 0 aliphatic heterocycles. The lowest BCUT2D eigenvalue weighted by atomic mass is 9.82. The molecule has 3 aromatic carbocycles. The van der Waals surface area contributed by atoms with Crippen molar-refractivity contribution in [1.82, 2.24) is 19.5 Å². The lowest BCUT2D eigenvalue weighted by molar-refractivity contribution is 0.117. The Morgan fingerprint density at radius 3 is 2.54 bits per heavy atom. The molecular formula is C30H30N4O3. The van der Waals surface area contributed by atoms with Crippen LogP contribution in [0.1, 0.15) is 41.8 Å². The number of rotatable bonds is 7. The summed E-state index contributed by atoms with van der Waals surface area (Å²) in [7, 11) is 1.86. The van der Waals surface area contributed by atoms with Crippen LogP contribution in [0.2, 0.25) is 0 Å². The molecule has 0 saturated carbocycles. The van der Waals surface area contributed by atoms with Gasteiger partial charge in [0.2, 0.25) is 0 Å². The standard InChI is InChI=1S/C30H30N4O3/c1-5-20-15-22(11-13-26(20)37-6-2)30(36,27-17-31-18-34(27)4)23-10-12-25-24(16-23)28(33-29(35)32-25)21-9-7-8-19(3)14-21/h7-18,36H,5-6H2,1-4H3,(H,32,33,35). The smallest absolute Gasteiger partial charge is 0.345 e. The van der Waals surface area contributed by atoms with Crippen molar-refractivity contribution in [3.8, 4) is 17.0 Å². The second-order valence-electron chi connectivity index (χ2n) is 9.23. The maximum Gasteiger partial charge on any atom is 0.345 e. The number of benzene rings is 3. The third-order valence-corrected chi connectivity index (χ3v) is 6.79. The number of imidazole rings is 1. The molecule has 2 aromatic heterocycles. The molecule has 7 heteroatoms. The summed E-state index contributed by atoms with van der Waals surface area (Å²) in [6.45, 7) is 6.59. The number of H-pyrrole nitrogens is 1. The van der Waals surface area contributed by atoms with Gasteiger partial charge in [0.05, 0.1) is 36.0 Å². The summed E-state index contributed by atoms with van der Waals surface area (Å²) in [4.78, 5) is 23.9. The fraction of sp³-hybridized carbons (Fsp3) is 0.233. The fourth-order valence-electron chi connectivity index (χ4n) is 4.94. The van der Waals surface area contributed by atoms with Gasteiger partial charge in [0.15, 0.2) is 5.60 Å². The lowest BCUT2D eigenvalue weighted by Crippen LogP contribution is -2.31. The van der Waals surface area contributed by atoms with E-state index in [1.807, 2.05) is 86.1 Å². The van der Waals surface area contributed by atoms with E-state index in [0.717, 1.165) is 34.2 Å². The van der Waals surface area contributed by atoms with E-state index in [0.29, 0.717) is 34.6 Å². The molecule has 1 atom stereocenters. The van der Waals surface area contributed by atoms with Crippen LogP contribution in [-0.2, 0) is 19.1 Å². The van der Waals surface area contributed by atoms with Crippen LogP contribution in [0.15, 0.2) is 78.0 Å². The van der Waals surface area contributed by atoms with Gasteiger partial charge >= 0.3 is 5.69 Å². The Kier molecular flexibility index (Phi) is 6.39. The van der Waals surface area contributed by atoms with Crippen LogP contribution >= 0.6 is 0 Å². The Bertz CT molecular complexity index is 1650. The Morgan fingerprint density at radius 2 is 1.84 bits per heavy atom. The van der Waals surface area contributed by atoms with Gasteiger partial charge in [-0.05, 0) is 67.3 Å². The number of aryl methyl sites for hydroxylation is 3. The number of hydrogen-bond acceptors (Lipinski definition) is 5. The van der Waals surface area contributed by atoms with Crippen LogP contribution in [-0.4, -0.2) is 31.2 Å². The van der Waals surface area contributed by atoms with Crippen molar-refractivity contribution in [2.45, 2.75) is 32.8 Å². The highest BCUT2D eigenvalue weighted by Crippen LogP contribution is 2.40. The molecule has 2 N–H and O–H groups in total. The number of nitrogens with one attached hydrogen (secondary N) is 1. The zero-order valence-electron chi connectivity index (χ0n) is 21.4. The van der Waals surface area contributed by atoms with Crippen LogP contribution in [0.5, 0.6) is 5.75 Å². The van der Waals surface area contributed by atoms with Crippen LogP contribution in [0.4, 0.5) is 0 Å². The van der Waals surface area contributed by atoms with Crippen molar-refractivity contribution in [2.75, 3.05) is 6.61 Å². The van der Waals surface area contributed by atoms with Crippen molar-refractivity contribution in [3.63, 3.8) is 0 Å². The van der Waals surface area contributed by atoms with Gasteiger partial charge in [-0.15, -0.1) is 0 Å². The highest BCUT2D eigenvalue weighted by atomic mass is 16.5. The second-order valence-corrected chi connectivity index (χ2v) is 9.23. The van der Waals surface area contributed by atoms with E-state index in [1.165, 1.54) is 0 Å². The predicted molar refractivity (Wildman–Crippen MR) is 145 cm³/mol. The largest absolute Gasteiger partial charge is 0.494 e. The average molecular weight is 495 g/mol. The first-order chi connectivity index (χ1) is 17.8. The maximum atomic E-state index is 12.6. The molecule has 0 amide bonds. The fourth-order valence-corrected chi connectivity index (χ4v) is 4.94. The third-order valence-electron chi connectivity index (χ3n) is 6.79. The molecule has 188 valence electrons. The first kappa shape index (κ1) is 24.5. The minimum Gasteiger partial charge on any atom is -0.494 e. The first-order valence-electron chi connectivity index (χ1n) is 12.4. The highest BCUT2D eigenvalue weighted by Gasteiger charge is 2.37. The molecule has 2 heterocycles. The van der Waals surface area contributed by atoms with E-state index in [9.17, 15) is 9.90 Å². The number of aromatic nitrogens is 4. The van der Waals surface area contributed by atoms with E-state index >= 15 is 0 Å². The maximum absolute atomic E-state index is 12.6. The number of nitrogens with zero attached hydrogens (tertiary/aromatic N) is 3. The van der Waals surface area contributed by atoms with Gasteiger partial charge < -0.3 is 19.4 Å². The number of fused-ring (bicyclic) bond motifs is 1. The van der Waals surface area contributed by atoms with Crippen molar-refractivity contribution < 1.29 is 9.84 Å². The molecule has 5 aromatic rings. The summed E-state index contributed by atoms with van der Waals surface area (Å²) in [5.74, 6) is 0.808. The lowest BCUT2D eigenvalue weighted by Gasteiger charge is -2.31. The Balaban J connectivity index is 1.79. The highest BCUT2D eigenvalue weighted by molar-refractivity contribution is 5.92. The Morgan fingerprint density at radius 1 is 1.05 bits per heavy atom. The van der Waals surface area contributed by atoms with E-state index in [-0.39, 0.29) is 0 Å². The molecule has 0 fully saturated rings. The predicted octanol–water partition coefficient (Wildman–Crippen LogP) is 4.88. The van der Waals surface area contributed by atoms with Gasteiger partial charge in [-0.2, -0.15) is 4.98 Å². The van der Waals surface area contributed by atoms with Gasteiger partial charge in [-0.25, -0.2) is 9.78 Å². The first-order valence-corrected chi connectivity index (χ1v) is 12.4. The zero-order chi connectivity index (χ0) is 26.2. The van der Waals surface area contributed by atoms with Gasteiger partial charge in [0.25, 0.3) is 0 Å². The Hall–Kier alpha value is -4.23. The molecule has 37 heavy (non-hydrogen) atoms. The summed E-state index contributed by atoms with van der Waals surface area (Å²) in [5.41, 5.74) is 4.14. The summed E-state index contributed by atoms with van der Waals surface area (Å²) in [6.07, 6.45) is 4.11. The molecule has 0 saturated heterocycles. The van der Waals surface area contributed by atoms with Crippen molar-refractivity contribution in [1.29, 1.82) is 0 Å². The summed E-state index contributed by atoms with van der Waals surface area (Å²) < 4.78 is 7.64. The van der Waals surface area contributed by atoms with Gasteiger partial charge in [-0.3, -0.25) is 0 Å². The third kappa shape index (κ3) is 4.32. The summed E-state index contributed by atoms with van der Waals surface area (Å²) >= 11 is 0. The number of aromatic amines is 1. The van der Waals surface area contributed by atoms with Crippen LogP contribution in [0, 0.1) is 6.92 Å². The minimum atomic E-state index is -1.52. The number of hydrogen-bond donors (Lipinski definition) is 2. The van der Waals surface area contributed by atoms with E-state index in [4.69, 9.17) is 4.74 Å². The Labute approximate surface area is 215 Å². The monoisotopic (exact) mass is 494 g/mol. The zero-order valence-corrected chi connectivity index (χ0v) is 21.4. The molecule has 0 aliphatic carbocycles.